The van der Waals surface area contributed by atoms with Crippen molar-refractivity contribution in [3.05, 3.63) is 41.2 Å². The molecule has 0 spiro atoms. The van der Waals surface area contributed by atoms with E-state index >= 15 is 0 Å². The number of nitrogens with zero attached hydrogens (tertiary/aromatic N) is 6. The zero-order chi connectivity index (χ0) is 18.0. The third kappa shape index (κ3) is 3.28. The van der Waals surface area contributed by atoms with Crippen LogP contribution in [0.2, 0.25) is 0 Å². The van der Waals surface area contributed by atoms with Crippen molar-refractivity contribution in [3.63, 3.8) is 0 Å². The van der Waals surface area contributed by atoms with Gasteiger partial charge in [-0.05, 0) is 42.8 Å². The maximum absolute atomic E-state index is 12.7. The van der Waals surface area contributed by atoms with Gasteiger partial charge in [0.15, 0.2) is 5.82 Å². The van der Waals surface area contributed by atoms with Gasteiger partial charge in [0.25, 0.3) is 5.91 Å². The molecule has 25 heavy (non-hydrogen) atoms. The highest BCUT2D eigenvalue weighted by Gasteiger charge is 2.18. The van der Waals surface area contributed by atoms with Gasteiger partial charge in [0.2, 0.25) is 0 Å². The first kappa shape index (κ1) is 16.8. The molecule has 0 aliphatic heterocycles. The number of rotatable bonds is 5. The van der Waals surface area contributed by atoms with Gasteiger partial charge in [0, 0.05) is 30.5 Å². The lowest BCUT2D eigenvalue weighted by atomic mass is 10.1. The van der Waals surface area contributed by atoms with Crippen LogP contribution in [0.3, 0.4) is 0 Å². The minimum Gasteiger partial charge on any atom is -0.322 e. The third-order valence-corrected chi connectivity index (χ3v) is 4.04. The second kappa shape index (κ2) is 6.84. The molecule has 0 saturated carbocycles. The van der Waals surface area contributed by atoms with Crippen LogP contribution in [0.1, 0.15) is 35.1 Å². The van der Waals surface area contributed by atoms with E-state index in [0.717, 1.165) is 29.9 Å². The van der Waals surface area contributed by atoms with Gasteiger partial charge in [-0.1, -0.05) is 19.1 Å². The van der Waals surface area contributed by atoms with E-state index in [9.17, 15) is 4.79 Å². The van der Waals surface area contributed by atoms with Gasteiger partial charge in [0.1, 0.15) is 0 Å². The first-order valence-corrected chi connectivity index (χ1v) is 8.19. The molecule has 2 aromatic heterocycles. The van der Waals surface area contributed by atoms with Crippen LogP contribution in [0.15, 0.2) is 24.3 Å². The highest BCUT2D eigenvalue weighted by atomic mass is 16.1. The Hall–Kier alpha value is -3.03. The monoisotopic (exact) mass is 339 g/mol. The van der Waals surface area contributed by atoms with Gasteiger partial charge in [-0.25, -0.2) is 4.68 Å². The summed E-state index contributed by atoms with van der Waals surface area (Å²) in [7, 11) is 1.77. The molecule has 0 saturated heterocycles. The Labute approximate surface area is 145 Å². The van der Waals surface area contributed by atoms with E-state index in [2.05, 4.69) is 32.9 Å². The van der Waals surface area contributed by atoms with Crippen molar-refractivity contribution in [1.82, 2.24) is 30.0 Å². The molecule has 1 N–H and O–H groups in total. The molecule has 130 valence electrons. The van der Waals surface area contributed by atoms with E-state index in [4.69, 9.17) is 0 Å². The van der Waals surface area contributed by atoms with Gasteiger partial charge in [-0.2, -0.15) is 5.10 Å². The van der Waals surface area contributed by atoms with Gasteiger partial charge in [-0.3, -0.25) is 9.48 Å². The second-order valence-corrected chi connectivity index (χ2v) is 5.93. The molecule has 0 fully saturated rings. The zero-order valence-corrected chi connectivity index (χ0v) is 14.8. The van der Waals surface area contributed by atoms with Crippen LogP contribution in [0.4, 0.5) is 5.69 Å². The summed E-state index contributed by atoms with van der Waals surface area (Å²) in [6.45, 7) is 6.67. The maximum atomic E-state index is 12.7. The lowest BCUT2D eigenvalue weighted by molar-refractivity contribution is 0.102. The number of benzene rings is 1. The number of tetrazole rings is 1. The fourth-order valence-corrected chi connectivity index (χ4v) is 2.86. The second-order valence-electron chi connectivity index (χ2n) is 5.93. The molecule has 1 amide bonds. The van der Waals surface area contributed by atoms with E-state index in [-0.39, 0.29) is 5.91 Å². The maximum Gasteiger partial charge on any atom is 0.259 e. The Morgan fingerprint density at radius 3 is 2.76 bits per heavy atom. The van der Waals surface area contributed by atoms with E-state index in [1.54, 1.807) is 11.7 Å². The molecular formula is C17H21N7O. The topological polar surface area (TPSA) is 90.5 Å². The summed E-state index contributed by atoms with van der Waals surface area (Å²) in [4.78, 5) is 12.7. The fraction of sp³-hybridized carbons (Fsp3) is 0.353. The molecular weight excluding hydrogens is 318 g/mol. The Balaban J connectivity index is 1.86. The van der Waals surface area contributed by atoms with Crippen molar-refractivity contribution in [2.75, 3.05) is 5.32 Å². The summed E-state index contributed by atoms with van der Waals surface area (Å²) in [6, 6.07) is 7.45. The fourth-order valence-electron chi connectivity index (χ4n) is 2.86. The first-order valence-electron chi connectivity index (χ1n) is 8.19. The Morgan fingerprint density at radius 1 is 1.28 bits per heavy atom. The molecule has 3 rings (SSSR count). The standard InChI is InChI=1S/C17H21N7O/c1-5-9-24-12(3)15(11(2)20-24)17(25)18-14-8-6-7-13(10-14)16-19-21-22-23(16)4/h6-8,10H,5,9H2,1-4H3,(H,18,25). The number of hydrogen-bond acceptors (Lipinski definition) is 5. The number of hydrogen-bond donors (Lipinski definition) is 1. The molecule has 8 heteroatoms. The van der Waals surface area contributed by atoms with Crippen LogP contribution in [-0.4, -0.2) is 35.9 Å². The van der Waals surface area contributed by atoms with Crippen molar-refractivity contribution in [2.45, 2.75) is 33.7 Å². The number of carbonyl (C=O) groups is 1. The molecule has 0 radical (unpaired) electrons. The summed E-state index contributed by atoms with van der Waals surface area (Å²) >= 11 is 0. The van der Waals surface area contributed by atoms with Crippen molar-refractivity contribution < 1.29 is 4.79 Å². The number of anilines is 1. The van der Waals surface area contributed by atoms with E-state index in [1.165, 1.54) is 0 Å². The minimum atomic E-state index is -0.161. The van der Waals surface area contributed by atoms with Gasteiger partial charge >= 0.3 is 0 Å². The van der Waals surface area contributed by atoms with Gasteiger partial charge in [-0.15, -0.1) is 5.10 Å². The minimum absolute atomic E-state index is 0.161. The molecule has 0 atom stereocenters. The Morgan fingerprint density at radius 2 is 2.08 bits per heavy atom. The average molecular weight is 339 g/mol. The zero-order valence-electron chi connectivity index (χ0n) is 14.8. The van der Waals surface area contributed by atoms with E-state index in [1.807, 2.05) is 42.8 Å². The van der Waals surface area contributed by atoms with Crippen LogP contribution >= 0.6 is 0 Å². The van der Waals surface area contributed by atoms with Gasteiger partial charge in [0.05, 0.1) is 11.3 Å². The molecule has 2 heterocycles. The number of carbonyl (C=O) groups excluding carboxylic acids is 1. The predicted molar refractivity (Wildman–Crippen MR) is 94.2 cm³/mol. The Bertz CT molecular complexity index is 910. The van der Waals surface area contributed by atoms with Crippen LogP contribution in [-0.2, 0) is 13.6 Å². The molecule has 0 bridgehead atoms. The predicted octanol–water partition coefficient (Wildman–Crippen LogP) is 2.35. The lowest BCUT2D eigenvalue weighted by Gasteiger charge is -2.08. The highest BCUT2D eigenvalue weighted by Crippen LogP contribution is 2.21. The van der Waals surface area contributed by atoms with Crippen LogP contribution in [0, 0.1) is 13.8 Å². The van der Waals surface area contributed by atoms with E-state index < -0.39 is 0 Å². The number of aryl methyl sites for hydroxylation is 3. The van der Waals surface area contributed by atoms with Crippen molar-refractivity contribution >= 4 is 11.6 Å². The van der Waals surface area contributed by atoms with Crippen LogP contribution < -0.4 is 5.32 Å². The molecule has 3 aromatic rings. The normalized spacial score (nSPS) is 10.9. The van der Waals surface area contributed by atoms with Crippen LogP contribution in [0.5, 0.6) is 0 Å². The van der Waals surface area contributed by atoms with Gasteiger partial charge < -0.3 is 5.32 Å². The van der Waals surface area contributed by atoms with E-state index in [0.29, 0.717) is 17.1 Å². The highest BCUT2D eigenvalue weighted by molar-refractivity contribution is 6.06. The largest absolute Gasteiger partial charge is 0.322 e. The quantitative estimate of drug-likeness (QED) is 0.770. The summed E-state index contributed by atoms with van der Waals surface area (Å²) in [5, 5.41) is 18.9. The number of aromatic nitrogens is 6. The van der Waals surface area contributed by atoms with Crippen molar-refractivity contribution in [3.8, 4) is 11.4 Å². The SMILES string of the molecule is CCCn1nc(C)c(C(=O)Nc2cccc(-c3nnnn3C)c2)c1C. The van der Waals surface area contributed by atoms with Crippen LogP contribution in [0.25, 0.3) is 11.4 Å². The lowest BCUT2D eigenvalue weighted by Crippen LogP contribution is -2.14. The number of amides is 1. The molecule has 0 aliphatic rings. The summed E-state index contributed by atoms with van der Waals surface area (Å²) < 4.78 is 3.47. The third-order valence-electron chi connectivity index (χ3n) is 4.04. The summed E-state index contributed by atoms with van der Waals surface area (Å²) in [5.74, 6) is 0.477. The summed E-state index contributed by atoms with van der Waals surface area (Å²) in [5.41, 5.74) is 3.76. The molecule has 0 aliphatic carbocycles. The Kier molecular flexibility index (Phi) is 4.60. The summed E-state index contributed by atoms with van der Waals surface area (Å²) in [6.07, 6.45) is 0.969. The molecule has 0 unspecified atom stereocenters. The first-order chi connectivity index (χ1) is 12.0. The van der Waals surface area contributed by atoms with Crippen molar-refractivity contribution in [1.29, 1.82) is 0 Å². The van der Waals surface area contributed by atoms with Crippen molar-refractivity contribution in [2.24, 2.45) is 7.05 Å². The molecule has 8 nitrogen and oxygen atoms in total. The smallest absolute Gasteiger partial charge is 0.259 e. The molecule has 1 aromatic carbocycles. The average Bonchev–Trinajstić information content (AvgIpc) is 3.11. The number of nitrogens with one attached hydrogen (secondary N) is 1.